The maximum atomic E-state index is 12.8. The number of benzene rings is 1. The van der Waals surface area contributed by atoms with Crippen LogP contribution in [0.3, 0.4) is 0 Å². The van der Waals surface area contributed by atoms with E-state index >= 15 is 0 Å². The second-order valence-electron chi connectivity index (χ2n) is 5.12. The van der Waals surface area contributed by atoms with Gasteiger partial charge in [0.15, 0.2) is 5.13 Å². The highest BCUT2D eigenvalue weighted by Gasteiger charge is 2.23. The van der Waals surface area contributed by atoms with Crippen molar-refractivity contribution in [1.82, 2.24) is 10.3 Å². The van der Waals surface area contributed by atoms with E-state index in [0.717, 1.165) is 12.8 Å². The summed E-state index contributed by atoms with van der Waals surface area (Å²) < 4.78 is 12.8. The first-order valence-electron chi connectivity index (χ1n) is 6.91. The van der Waals surface area contributed by atoms with Gasteiger partial charge in [0.2, 0.25) is 5.91 Å². The summed E-state index contributed by atoms with van der Waals surface area (Å²) >= 11 is 1.26. The van der Waals surface area contributed by atoms with Crippen LogP contribution in [0.1, 0.15) is 28.9 Å². The van der Waals surface area contributed by atoms with Crippen molar-refractivity contribution in [2.24, 2.45) is 0 Å². The zero-order valence-corrected chi connectivity index (χ0v) is 12.5. The molecule has 1 aliphatic rings. The number of carbonyl (C=O) groups excluding carboxylic acids is 2. The van der Waals surface area contributed by atoms with Gasteiger partial charge in [0.25, 0.3) is 5.91 Å². The highest BCUT2D eigenvalue weighted by Crippen LogP contribution is 2.20. The lowest BCUT2D eigenvalue weighted by Crippen LogP contribution is -2.27. The third-order valence-corrected chi connectivity index (χ3v) is 3.97. The lowest BCUT2D eigenvalue weighted by molar-refractivity contribution is -0.120. The highest BCUT2D eigenvalue weighted by atomic mass is 32.1. The van der Waals surface area contributed by atoms with Gasteiger partial charge in [-0.2, -0.15) is 0 Å². The first kappa shape index (κ1) is 14.6. The topological polar surface area (TPSA) is 71.1 Å². The Kier molecular flexibility index (Phi) is 4.15. The van der Waals surface area contributed by atoms with Gasteiger partial charge in [0.1, 0.15) is 5.82 Å². The minimum atomic E-state index is -0.394. The van der Waals surface area contributed by atoms with Crippen LogP contribution in [0.2, 0.25) is 0 Å². The molecule has 1 aliphatic carbocycles. The van der Waals surface area contributed by atoms with Crippen LogP contribution >= 0.6 is 11.3 Å². The number of halogens is 1. The Labute approximate surface area is 130 Å². The van der Waals surface area contributed by atoms with E-state index < -0.39 is 5.82 Å². The third kappa shape index (κ3) is 3.88. The van der Waals surface area contributed by atoms with Crippen molar-refractivity contribution < 1.29 is 14.0 Å². The van der Waals surface area contributed by atoms with Gasteiger partial charge in [-0.1, -0.05) is 0 Å². The standard InChI is InChI=1S/C15H14FN3O2S/c16-10-3-1-9(2-4-10)14(21)19-15-18-12(8-22-15)7-13(20)17-11-5-6-11/h1-4,8,11H,5-7H2,(H,17,20)(H,18,19,21). The number of carbonyl (C=O) groups is 2. The van der Waals surface area contributed by atoms with Gasteiger partial charge < -0.3 is 5.32 Å². The quantitative estimate of drug-likeness (QED) is 0.889. The number of rotatable bonds is 5. The normalized spacial score (nSPS) is 13.7. The minimum Gasteiger partial charge on any atom is -0.353 e. The van der Waals surface area contributed by atoms with Crippen LogP contribution in [0.25, 0.3) is 0 Å². The molecule has 114 valence electrons. The first-order valence-corrected chi connectivity index (χ1v) is 7.79. The summed E-state index contributed by atoms with van der Waals surface area (Å²) in [5.41, 5.74) is 0.974. The fraction of sp³-hybridized carbons (Fsp3) is 0.267. The van der Waals surface area contributed by atoms with Gasteiger partial charge in [0, 0.05) is 17.0 Å². The molecule has 2 N–H and O–H groups in total. The predicted molar refractivity (Wildman–Crippen MR) is 81.3 cm³/mol. The van der Waals surface area contributed by atoms with Crippen LogP contribution in [0.5, 0.6) is 0 Å². The molecule has 0 unspecified atom stereocenters. The molecular formula is C15H14FN3O2S. The zero-order chi connectivity index (χ0) is 15.5. The fourth-order valence-corrected chi connectivity index (χ4v) is 2.59. The summed E-state index contributed by atoms with van der Waals surface area (Å²) in [6.45, 7) is 0. The number of amides is 2. The second-order valence-corrected chi connectivity index (χ2v) is 5.98. The molecule has 1 fully saturated rings. The average Bonchev–Trinajstić information content (AvgIpc) is 3.18. The molecule has 7 heteroatoms. The van der Waals surface area contributed by atoms with Gasteiger partial charge >= 0.3 is 0 Å². The number of aromatic nitrogens is 1. The predicted octanol–water partition coefficient (Wildman–Crippen LogP) is 2.36. The molecule has 1 aromatic carbocycles. The molecule has 0 atom stereocenters. The van der Waals surface area contributed by atoms with E-state index in [4.69, 9.17) is 0 Å². The molecule has 2 amide bonds. The maximum Gasteiger partial charge on any atom is 0.257 e. The number of anilines is 1. The van der Waals surface area contributed by atoms with E-state index in [2.05, 4.69) is 15.6 Å². The van der Waals surface area contributed by atoms with Gasteiger partial charge in [0.05, 0.1) is 12.1 Å². The SMILES string of the molecule is O=C(Cc1csc(NC(=O)c2ccc(F)cc2)n1)NC1CC1. The molecule has 3 rings (SSSR count). The van der Waals surface area contributed by atoms with Crippen molar-refractivity contribution in [3.63, 3.8) is 0 Å². The summed E-state index contributed by atoms with van der Waals surface area (Å²) in [6, 6.07) is 5.59. The van der Waals surface area contributed by atoms with Gasteiger partial charge in [-0.3, -0.25) is 14.9 Å². The number of nitrogens with zero attached hydrogens (tertiary/aromatic N) is 1. The van der Waals surface area contributed by atoms with Crippen molar-refractivity contribution in [2.45, 2.75) is 25.3 Å². The molecule has 0 aliphatic heterocycles. The molecule has 1 heterocycles. The first-order chi connectivity index (χ1) is 10.6. The third-order valence-electron chi connectivity index (χ3n) is 3.16. The lowest BCUT2D eigenvalue weighted by atomic mass is 10.2. The summed E-state index contributed by atoms with van der Waals surface area (Å²) in [5, 5.41) is 7.69. The Bertz CT molecular complexity index is 695. The van der Waals surface area contributed by atoms with Crippen LogP contribution < -0.4 is 10.6 Å². The van der Waals surface area contributed by atoms with Crippen LogP contribution in [0.15, 0.2) is 29.6 Å². The summed E-state index contributed by atoms with van der Waals surface area (Å²) in [7, 11) is 0. The van der Waals surface area contributed by atoms with E-state index in [1.54, 1.807) is 5.38 Å². The van der Waals surface area contributed by atoms with Crippen molar-refractivity contribution in [3.8, 4) is 0 Å². The number of hydrogen-bond donors (Lipinski definition) is 2. The average molecular weight is 319 g/mol. The molecule has 0 bridgehead atoms. The van der Waals surface area contributed by atoms with E-state index in [0.29, 0.717) is 22.4 Å². The largest absolute Gasteiger partial charge is 0.353 e. The van der Waals surface area contributed by atoms with Crippen LogP contribution in [0.4, 0.5) is 9.52 Å². The summed E-state index contributed by atoms with van der Waals surface area (Å²) in [5.74, 6) is -0.803. The number of hydrogen-bond acceptors (Lipinski definition) is 4. The van der Waals surface area contributed by atoms with E-state index in [9.17, 15) is 14.0 Å². The summed E-state index contributed by atoms with van der Waals surface area (Å²) in [6.07, 6.45) is 2.29. The van der Waals surface area contributed by atoms with E-state index in [-0.39, 0.29) is 18.2 Å². The van der Waals surface area contributed by atoms with Gasteiger partial charge in [-0.15, -0.1) is 11.3 Å². The van der Waals surface area contributed by atoms with Crippen molar-refractivity contribution >= 4 is 28.3 Å². The Morgan fingerprint density at radius 3 is 2.68 bits per heavy atom. The Morgan fingerprint density at radius 2 is 2.00 bits per heavy atom. The number of nitrogens with one attached hydrogen (secondary N) is 2. The van der Waals surface area contributed by atoms with Gasteiger partial charge in [-0.05, 0) is 37.1 Å². The Morgan fingerprint density at radius 1 is 1.27 bits per heavy atom. The molecule has 1 saturated carbocycles. The second kappa shape index (κ2) is 6.23. The lowest BCUT2D eigenvalue weighted by Gasteiger charge is -2.02. The molecule has 0 spiro atoms. The van der Waals surface area contributed by atoms with Gasteiger partial charge in [-0.25, -0.2) is 9.37 Å². The van der Waals surface area contributed by atoms with Crippen LogP contribution in [-0.4, -0.2) is 22.8 Å². The maximum absolute atomic E-state index is 12.8. The van der Waals surface area contributed by atoms with Crippen molar-refractivity contribution in [1.29, 1.82) is 0 Å². The highest BCUT2D eigenvalue weighted by molar-refractivity contribution is 7.14. The molecule has 1 aromatic heterocycles. The van der Waals surface area contributed by atoms with Crippen molar-refractivity contribution in [3.05, 3.63) is 46.7 Å². The fourth-order valence-electron chi connectivity index (χ4n) is 1.89. The molecular weight excluding hydrogens is 305 g/mol. The molecule has 0 saturated heterocycles. The zero-order valence-electron chi connectivity index (χ0n) is 11.6. The van der Waals surface area contributed by atoms with E-state index in [1.165, 1.54) is 35.6 Å². The summed E-state index contributed by atoms with van der Waals surface area (Å²) in [4.78, 5) is 27.9. The molecule has 22 heavy (non-hydrogen) atoms. The molecule has 5 nitrogen and oxygen atoms in total. The van der Waals surface area contributed by atoms with E-state index in [1.807, 2.05) is 0 Å². The number of thiazole rings is 1. The molecule has 2 aromatic rings. The molecule has 0 radical (unpaired) electrons. The Hall–Kier alpha value is -2.28. The smallest absolute Gasteiger partial charge is 0.257 e. The van der Waals surface area contributed by atoms with Crippen LogP contribution in [-0.2, 0) is 11.2 Å². The minimum absolute atomic E-state index is 0.0517. The Balaban J connectivity index is 1.57. The van der Waals surface area contributed by atoms with Crippen molar-refractivity contribution in [2.75, 3.05) is 5.32 Å². The monoisotopic (exact) mass is 319 g/mol. The van der Waals surface area contributed by atoms with Crippen LogP contribution in [0, 0.1) is 5.82 Å².